The van der Waals surface area contributed by atoms with Gasteiger partial charge in [-0.2, -0.15) is 0 Å². The van der Waals surface area contributed by atoms with E-state index in [1.807, 2.05) is 23.9 Å². The number of hydrogen-bond acceptors (Lipinski definition) is 8. The molecule has 2 fully saturated rings. The zero-order valence-electron chi connectivity index (χ0n) is 26.4. The van der Waals surface area contributed by atoms with Crippen molar-refractivity contribution in [3.05, 3.63) is 78.1 Å². The summed E-state index contributed by atoms with van der Waals surface area (Å²) in [6.07, 6.45) is 12.7. The molecular weight excluding hydrogens is 596 g/mol. The second-order valence-corrected chi connectivity index (χ2v) is 12.3. The SMILES string of the molecule is Cn1cc(/C=C2\Oc3ccc(NC(=O)Nc4cccnc4)cc3C2=O)c2c(N3CCC(C(=O)NCCN4CCCC4)CC3)ccnc21. The fraction of sp³-hybridized carbons (Fsp3) is 0.343. The van der Waals surface area contributed by atoms with Crippen LogP contribution in [0.1, 0.15) is 41.6 Å². The first-order valence-corrected chi connectivity index (χ1v) is 16.2. The third-order valence-corrected chi connectivity index (χ3v) is 9.13. The quantitative estimate of drug-likeness (QED) is 0.239. The summed E-state index contributed by atoms with van der Waals surface area (Å²) < 4.78 is 7.96. The van der Waals surface area contributed by atoms with Gasteiger partial charge in [0.25, 0.3) is 0 Å². The normalized spacial score (nSPS) is 17.6. The molecular formula is C35H38N8O4. The molecule has 47 heavy (non-hydrogen) atoms. The maximum absolute atomic E-state index is 13.5. The van der Waals surface area contributed by atoms with Crippen molar-refractivity contribution in [2.45, 2.75) is 25.7 Å². The Bertz CT molecular complexity index is 1840. The predicted molar refractivity (Wildman–Crippen MR) is 181 cm³/mol. The maximum atomic E-state index is 13.5. The molecule has 0 bridgehead atoms. The summed E-state index contributed by atoms with van der Waals surface area (Å²) in [5, 5.41) is 9.56. The summed E-state index contributed by atoms with van der Waals surface area (Å²) in [5.74, 6) is 0.513. The summed E-state index contributed by atoms with van der Waals surface area (Å²) in [5.41, 5.74) is 4.02. The number of carbonyl (C=O) groups is 3. The van der Waals surface area contributed by atoms with Crippen molar-refractivity contribution in [3.63, 3.8) is 0 Å². The van der Waals surface area contributed by atoms with Gasteiger partial charge in [0.1, 0.15) is 11.4 Å². The van der Waals surface area contributed by atoms with E-state index >= 15 is 0 Å². The average molecular weight is 635 g/mol. The number of hydrogen-bond donors (Lipinski definition) is 3. The van der Waals surface area contributed by atoms with Crippen LogP contribution in [0, 0.1) is 5.92 Å². The molecule has 3 amide bonds. The van der Waals surface area contributed by atoms with E-state index in [-0.39, 0.29) is 23.4 Å². The number of fused-ring (bicyclic) bond motifs is 2. The van der Waals surface area contributed by atoms with Gasteiger partial charge < -0.3 is 35.1 Å². The molecule has 242 valence electrons. The van der Waals surface area contributed by atoms with Crippen molar-refractivity contribution >= 4 is 51.9 Å². The molecule has 2 saturated heterocycles. The number of allylic oxidation sites excluding steroid dienone is 1. The second-order valence-electron chi connectivity index (χ2n) is 12.3. The minimum Gasteiger partial charge on any atom is -0.452 e. The van der Waals surface area contributed by atoms with Crippen molar-refractivity contribution in [3.8, 4) is 5.75 Å². The molecule has 0 aliphatic carbocycles. The van der Waals surface area contributed by atoms with Crippen LogP contribution >= 0.6 is 0 Å². The second kappa shape index (κ2) is 13.2. The van der Waals surface area contributed by atoms with Crippen LogP contribution in [0.15, 0.2) is 66.9 Å². The van der Waals surface area contributed by atoms with Crippen LogP contribution in [0.3, 0.4) is 0 Å². The number of ether oxygens (including phenoxy) is 1. The molecule has 3 aliphatic heterocycles. The summed E-state index contributed by atoms with van der Waals surface area (Å²) in [6.45, 7) is 5.39. The number of carbonyl (C=O) groups excluding carboxylic acids is 3. The van der Waals surface area contributed by atoms with Crippen molar-refractivity contribution in [1.82, 2.24) is 24.8 Å². The number of aromatic nitrogens is 3. The number of rotatable bonds is 8. The first-order valence-electron chi connectivity index (χ1n) is 16.2. The number of amides is 3. The highest BCUT2D eigenvalue weighted by molar-refractivity contribution is 6.16. The van der Waals surface area contributed by atoms with E-state index in [0.29, 0.717) is 29.2 Å². The maximum Gasteiger partial charge on any atom is 0.323 e. The van der Waals surface area contributed by atoms with Crippen molar-refractivity contribution in [2.75, 3.05) is 54.8 Å². The van der Waals surface area contributed by atoms with E-state index in [1.165, 1.54) is 12.8 Å². The number of nitrogens with zero attached hydrogens (tertiary/aromatic N) is 5. The molecule has 3 aromatic heterocycles. The van der Waals surface area contributed by atoms with Crippen LogP contribution in [-0.4, -0.2) is 76.4 Å². The Labute approximate surface area is 272 Å². The van der Waals surface area contributed by atoms with Gasteiger partial charge in [0.15, 0.2) is 5.76 Å². The van der Waals surface area contributed by atoms with Gasteiger partial charge in [0.2, 0.25) is 11.7 Å². The number of aryl methyl sites for hydroxylation is 1. The minimum absolute atomic E-state index is 0.00309. The van der Waals surface area contributed by atoms with Gasteiger partial charge in [0, 0.05) is 80.1 Å². The third kappa shape index (κ3) is 6.54. The predicted octanol–water partition coefficient (Wildman–Crippen LogP) is 4.66. The Balaban J connectivity index is 1.04. The summed E-state index contributed by atoms with van der Waals surface area (Å²) >= 11 is 0. The molecule has 1 aromatic carbocycles. The van der Waals surface area contributed by atoms with E-state index in [0.717, 1.165) is 67.8 Å². The first-order chi connectivity index (χ1) is 22.9. The lowest BCUT2D eigenvalue weighted by Gasteiger charge is -2.33. The van der Waals surface area contributed by atoms with Gasteiger partial charge in [-0.1, -0.05) is 0 Å². The number of piperidine rings is 1. The topological polar surface area (TPSA) is 134 Å². The number of likely N-dealkylation sites (tertiary alicyclic amines) is 1. The molecule has 12 heteroatoms. The van der Waals surface area contributed by atoms with Gasteiger partial charge in [-0.25, -0.2) is 9.78 Å². The zero-order chi connectivity index (χ0) is 32.3. The van der Waals surface area contributed by atoms with Crippen LogP contribution in [0.4, 0.5) is 21.9 Å². The monoisotopic (exact) mass is 634 g/mol. The number of pyridine rings is 2. The van der Waals surface area contributed by atoms with Gasteiger partial charge in [0.05, 0.1) is 17.4 Å². The van der Waals surface area contributed by atoms with E-state index in [1.54, 1.807) is 55.0 Å². The Kier molecular flexibility index (Phi) is 8.58. The number of Topliss-reactive ketones (excluding diaryl/α,β-unsaturated/α-hetero) is 1. The minimum atomic E-state index is -0.446. The third-order valence-electron chi connectivity index (χ3n) is 9.13. The number of ketones is 1. The largest absolute Gasteiger partial charge is 0.452 e. The Morgan fingerprint density at radius 1 is 1.02 bits per heavy atom. The van der Waals surface area contributed by atoms with Crippen molar-refractivity contribution in [1.29, 1.82) is 0 Å². The molecule has 0 saturated carbocycles. The Hall–Kier alpha value is -5.23. The molecule has 4 aromatic rings. The fourth-order valence-corrected chi connectivity index (χ4v) is 6.70. The highest BCUT2D eigenvalue weighted by Gasteiger charge is 2.30. The van der Waals surface area contributed by atoms with Crippen LogP contribution in [-0.2, 0) is 11.8 Å². The number of benzene rings is 1. The lowest BCUT2D eigenvalue weighted by atomic mass is 9.95. The average Bonchev–Trinajstić information content (AvgIpc) is 3.80. The highest BCUT2D eigenvalue weighted by atomic mass is 16.5. The van der Waals surface area contributed by atoms with E-state index in [4.69, 9.17) is 4.74 Å². The molecule has 0 atom stereocenters. The van der Waals surface area contributed by atoms with Gasteiger partial charge in [-0.05, 0) is 81.2 Å². The first kappa shape index (κ1) is 30.4. The zero-order valence-corrected chi connectivity index (χ0v) is 26.4. The molecule has 12 nitrogen and oxygen atoms in total. The Morgan fingerprint density at radius 2 is 1.83 bits per heavy atom. The van der Waals surface area contributed by atoms with Crippen LogP contribution in [0.5, 0.6) is 5.75 Å². The summed E-state index contributed by atoms with van der Waals surface area (Å²) in [6, 6.07) is 10.00. The van der Waals surface area contributed by atoms with Crippen molar-refractivity contribution in [2.24, 2.45) is 13.0 Å². The van der Waals surface area contributed by atoms with Crippen LogP contribution in [0.25, 0.3) is 17.1 Å². The summed E-state index contributed by atoms with van der Waals surface area (Å²) in [4.78, 5) is 52.2. The Morgan fingerprint density at radius 3 is 2.62 bits per heavy atom. The standard InChI is InChI=1S/C35H38N8O4/c1-41-22-24(19-30-32(44)27-20-25(6-7-29(27)47-30)39-35(46)40-26-5-4-11-36-21-26)31-28(8-12-37-33(31)41)43-16-9-23(10-17-43)34(45)38-13-18-42-14-2-3-15-42/h4-8,11-12,19-23H,2-3,9-10,13-18H2,1H3,(H,38,45)(H2,39,40,46)/b30-19-. The van der Waals surface area contributed by atoms with Crippen LogP contribution < -0.4 is 25.6 Å². The van der Waals surface area contributed by atoms with Crippen LogP contribution in [0.2, 0.25) is 0 Å². The molecule has 3 aliphatic rings. The molecule has 6 heterocycles. The van der Waals surface area contributed by atoms with E-state index in [2.05, 4.69) is 35.7 Å². The number of nitrogens with one attached hydrogen (secondary N) is 3. The van der Waals surface area contributed by atoms with Crippen molar-refractivity contribution < 1.29 is 19.1 Å². The fourth-order valence-electron chi connectivity index (χ4n) is 6.70. The number of anilines is 3. The lowest BCUT2D eigenvalue weighted by Crippen LogP contribution is -2.42. The highest BCUT2D eigenvalue weighted by Crippen LogP contribution is 2.37. The molecule has 3 N–H and O–H groups in total. The molecule has 0 unspecified atom stereocenters. The van der Waals surface area contributed by atoms with E-state index in [9.17, 15) is 14.4 Å². The van der Waals surface area contributed by atoms with Gasteiger partial charge in [-0.15, -0.1) is 0 Å². The smallest absolute Gasteiger partial charge is 0.323 e. The summed E-state index contributed by atoms with van der Waals surface area (Å²) in [7, 11) is 1.93. The molecule has 0 spiro atoms. The lowest BCUT2D eigenvalue weighted by molar-refractivity contribution is -0.125. The number of urea groups is 1. The molecule has 0 radical (unpaired) electrons. The van der Waals surface area contributed by atoms with Gasteiger partial charge >= 0.3 is 6.03 Å². The van der Waals surface area contributed by atoms with Gasteiger partial charge in [-0.3, -0.25) is 14.6 Å². The molecule has 7 rings (SSSR count). The van der Waals surface area contributed by atoms with E-state index < -0.39 is 6.03 Å².